The number of nitrogens with zero attached hydrogens (tertiary/aromatic N) is 1. The first kappa shape index (κ1) is 12.3. The van der Waals surface area contributed by atoms with Crippen LogP contribution in [0.1, 0.15) is 29.1 Å². The highest BCUT2D eigenvalue weighted by Crippen LogP contribution is 2.24. The normalized spacial score (nSPS) is 12.4. The summed E-state index contributed by atoms with van der Waals surface area (Å²) < 4.78 is 10.8. The second kappa shape index (κ2) is 4.73. The van der Waals surface area contributed by atoms with Gasteiger partial charge in [0.25, 0.3) is 6.01 Å². The number of carboxylic acid groups (broad SMARTS) is 1. The molecule has 2 aromatic heterocycles. The number of carboxylic acids is 1. The van der Waals surface area contributed by atoms with Gasteiger partial charge in [-0.25, -0.2) is 4.79 Å². The second-order valence-electron chi connectivity index (χ2n) is 4.39. The van der Waals surface area contributed by atoms with Crippen molar-refractivity contribution in [1.29, 1.82) is 0 Å². The van der Waals surface area contributed by atoms with Gasteiger partial charge in [0.05, 0.1) is 17.9 Å². The highest BCUT2D eigenvalue weighted by Gasteiger charge is 2.13. The van der Waals surface area contributed by atoms with Gasteiger partial charge in [0.1, 0.15) is 11.3 Å². The predicted octanol–water partition coefficient (Wildman–Crippen LogP) is 3.29. The Bertz CT molecular complexity index is 746. The first-order chi connectivity index (χ1) is 9.63. The lowest BCUT2D eigenvalue weighted by Gasteiger charge is -2.07. The molecule has 0 fully saturated rings. The molecule has 1 unspecified atom stereocenters. The van der Waals surface area contributed by atoms with Crippen molar-refractivity contribution < 1.29 is 18.7 Å². The molecule has 0 radical (unpaired) electrons. The van der Waals surface area contributed by atoms with Crippen molar-refractivity contribution in [3.63, 3.8) is 0 Å². The quantitative estimate of drug-likeness (QED) is 0.757. The van der Waals surface area contributed by atoms with Crippen molar-refractivity contribution in [2.75, 3.05) is 5.32 Å². The number of nitrogens with one attached hydrogen (secondary N) is 1. The van der Waals surface area contributed by atoms with Crippen LogP contribution in [-0.4, -0.2) is 16.1 Å². The van der Waals surface area contributed by atoms with Gasteiger partial charge < -0.3 is 19.3 Å². The maximum absolute atomic E-state index is 10.9. The van der Waals surface area contributed by atoms with Gasteiger partial charge in [0, 0.05) is 0 Å². The molecule has 1 aromatic carbocycles. The molecule has 0 saturated heterocycles. The van der Waals surface area contributed by atoms with Crippen LogP contribution in [-0.2, 0) is 0 Å². The zero-order chi connectivity index (χ0) is 14.1. The van der Waals surface area contributed by atoms with Gasteiger partial charge in [-0.1, -0.05) is 0 Å². The van der Waals surface area contributed by atoms with E-state index in [9.17, 15) is 4.79 Å². The molecule has 6 heteroatoms. The highest BCUT2D eigenvalue weighted by atomic mass is 16.4. The van der Waals surface area contributed by atoms with Gasteiger partial charge in [0.2, 0.25) is 0 Å². The van der Waals surface area contributed by atoms with Crippen LogP contribution in [0.4, 0.5) is 6.01 Å². The molecule has 0 bridgehead atoms. The van der Waals surface area contributed by atoms with Crippen LogP contribution in [0.25, 0.3) is 11.1 Å². The van der Waals surface area contributed by atoms with E-state index in [1.807, 2.05) is 13.0 Å². The number of furan rings is 1. The summed E-state index contributed by atoms with van der Waals surface area (Å²) in [6, 6.07) is 8.44. The maximum atomic E-state index is 10.9. The number of anilines is 1. The first-order valence-electron chi connectivity index (χ1n) is 6.07. The Morgan fingerprint density at radius 2 is 2.25 bits per heavy atom. The monoisotopic (exact) mass is 272 g/mol. The Kier molecular flexibility index (Phi) is 2.90. The standard InChI is InChI=1S/C14H12N2O4/c1-8(11-3-2-6-19-11)15-14-16-10-5-4-9(13(17)18)7-12(10)20-14/h2-8H,1H3,(H,15,16)(H,17,18). The lowest BCUT2D eigenvalue weighted by Crippen LogP contribution is -2.05. The van der Waals surface area contributed by atoms with E-state index in [-0.39, 0.29) is 11.6 Å². The SMILES string of the molecule is CC(Nc1nc2ccc(C(=O)O)cc2o1)c1ccco1. The number of aromatic nitrogens is 1. The summed E-state index contributed by atoms with van der Waals surface area (Å²) >= 11 is 0. The molecule has 0 spiro atoms. The molecule has 6 nitrogen and oxygen atoms in total. The van der Waals surface area contributed by atoms with Crippen molar-refractivity contribution in [2.45, 2.75) is 13.0 Å². The van der Waals surface area contributed by atoms with Gasteiger partial charge in [-0.15, -0.1) is 0 Å². The van der Waals surface area contributed by atoms with Crippen LogP contribution in [0.15, 0.2) is 45.4 Å². The molecule has 0 amide bonds. The van der Waals surface area contributed by atoms with E-state index in [0.717, 1.165) is 5.76 Å². The average molecular weight is 272 g/mol. The van der Waals surface area contributed by atoms with E-state index in [4.69, 9.17) is 13.9 Å². The van der Waals surface area contributed by atoms with Crippen molar-refractivity contribution in [1.82, 2.24) is 4.98 Å². The molecule has 0 aliphatic carbocycles. The van der Waals surface area contributed by atoms with Crippen molar-refractivity contribution >= 4 is 23.1 Å². The highest BCUT2D eigenvalue weighted by molar-refractivity contribution is 5.92. The molecular formula is C14H12N2O4. The molecule has 2 N–H and O–H groups in total. The lowest BCUT2D eigenvalue weighted by atomic mass is 10.2. The third-order valence-corrected chi connectivity index (χ3v) is 2.95. The molecule has 20 heavy (non-hydrogen) atoms. The maximum Gasteiger partial charge on any atom is 0.335 e. The molecular weight excluding hydrogens is 260 g/mol. The summed E-state index contributed by atoms with van der Waals surface area (Å²) in [4.78, 5) is 15.1. The number of aromatic carboxylic acids is 1. The number of oxazole rings is 1. The fourth-order valence-electron chi connectivity index (χ4n) is 1.91. The topological polar surface area (TPSA) is 88.5 Å². The number of benzene rings is 1. The zero-order valence-electron chi connectivity index (χ0n) is 10.7. The molecule has 3 aromatic rings. The summed E-state index contributed by atoms with van der Waals surface area (Å²) in [7, 11) is 0. The molecule has 3 rings (SSSR count). The van der Waals surface area contributed by atoms with Crippen molar-refractivity contribution in [3.05, 3.63) is 47.9 Å². The van der Waals surface area contributed by atoms with Gasteiger partial charge in [-0.3, -0.25) is 0 Å². The number of hydrogen-bond donors (Lipinski definition) is 2. The van der Waals surface area contributed by atoms with Crippen molar-refractivity contribution in [2.24, 2.45) is 0 Å². The summed E-state index contributed by atoms with van der Waals surface area (Å²) in [5, 5.41) is 12.0. The predicted molar refractivity (Wildman–Crippen MR) is 71.7 cm³/mol. The van der Waals surface area contributed by atoms with Crippen LogP contribution in [0.2, 0.25) is 0 Å². The molecule has 0 aliphatic rings. The summed E-state index contributed by atoms with van der Waals surface area (Å²) in [5.41, 5.74) is 1.20. The van der Waals surface area contributed by atoms with Gasteiger partial charge in [-0.05, 0) is 37.3 Å². The Labute approximate surface area is 114 Å². The van der Waals surface area contributed by atoms with Gasteiger partial charge in [-0.2, -0.15) is 4.98 Å². The molecule has 1 atom stereocenters. The van der Waals surface area contributed by atoms with Crippen LogP contribution in [0.5, 0.6) is 0 Å². The first-order valence-corrected chi connectivity index (χ1v) is 6.07. The minimum absolute atomic E-state index is 0.1000. The molecule has 0 aliphatic heterocycles. The molecule has 2 heterocycles. The fourth-order valence-corrected chi connectivity index (χ4v) is 1.91. The number of rotatable bonds is 4. The van der Waals surface area contributed by atoms with Gasteiger partial charge >= 0.3 is 5.97 Å². The van der Waals surface area contributed by atoms with E-state index in [0.29, 0.717) is 17.1 Å². The minimum Gasteiger partial charge on any atom is -0.478 e. The van der Waals surface area contributed by atoms with E-state index in [2.05, 4.69) is 10.3 Å². The van der Waals surface area contributed by atoms with E-state index >= 15 is 0 Å². The lowest BCUT2D eigenvalue weighted by molar-refractivity contribution is 0.0697. The molecule has 102 valence electrons. The minimum atomic E-state index is -0.998. The number of carbonyl (C=O) groups is 1. The Balaban J connectivity index is 1.87. The summed E-state index contributed by atoms with van der Waals surface area (Å²) in [6.07, 6.45) is 1.60. The van der Waals surface area contributed by atoms with Crippen molar-refractivity contribution in [3.8, 4) is 0 Å². The van der Waals surface area contributed by atoms with Crippen LogP contribution < -0.4 is 5.32 Å². The van der Waals surface area contributed by atoms with Crippen LogP contribution in [0.3, 0.4) is 0 Å². The Morgan fingerprint density at radius 1 is 1.40 bits per heavy atom. The summed E-state index contributed by atoms with van der Waals surface area (Å²) in [6.45, 7) is 1.91. The summed E-state index contributed by atoms with van der Waals surface area (Å²) in [5.74, 6) is -0.236. The van der Waals surface area contributed by atoms with Crippen LogP contribution in [0, 0.1) is 0 Å². The Hall–Kier alpha value is -2.76. The van der Waals surface area contributed by atoms with E-state index in [1.54, 1.807) is 18.4 Å². The largest absolute Gasteiger partial charge is 0.478 e. The average Bonchev–Trinajstić information content (AvgIpc) is 3.06. The van der Waals surface area contributed by atoms with Crippen LogP contribution >= 0.6 is 0 Å². The third-order valence-electron chi connectivity index (χ3n) is 2.95. The Morgan fingerprint density at radius 3 is 2.95 bits per heavy atom. The van der Waals surface area contributed by atoms with E-state index < -0.39 is 5.97 Å². The van der Waals surface area contributed by atoms with Gasteiger partial charge in [0.15, 0.2) is 5.58 Å². The zero-order valence-corrected chi connectivity index (χ0v) is 10.7. The fraction of sp³-hybridized carbons (Fsp3) is 0.143. The number of hydrogen-bond acceptors (Lipinski definition) is 5. The number of fused-ring (bicyclic) bond motifs is 1. The van der Waals surface area contributed by atoms with E-state index in [1.165, 1.54) is 12.1 Å². The second-order valence-corrected chi connectivity index (χ2v) is 4.39. The smallest absolute Gasteiger partial charge is 0.335 e. The third kappa shape index (κ3) is 2.23. The molecule has 0 saturated carbocycles.